The van der Waals surface area contributed by atoms with Crippen molar-refractivity contribution in [2.24, 2.45) is 0 Å². The number of hydrogen-bond donors (Lipinski definition) is 2. The quantitative estimate of drug-likeness (QED) is 0.761. The summed E-state index contributed by atoms with van der Waals surface area (Å²) in [6.07, 6.45) is 0.507. The zero-order valence-corrected chi connectivity index (χ0v) is 13.4. The normalized spacial score (nSPS) is 10.6. The number of carbonyl (C=O) groups excluding carboxylic acids is 1. The Bertz CT molecular complexity index is 728. The number of rotatable bonds is 8. The molecule has 1 amide bonds. The molecule has 0 radical (unpaired) electrons. The lowest BCUT2D eigenvalue weighted by atomic mass is 10.2. The molecular formula is C16H17F3N4O2. The third-order valence-corrected chi connectivity index (χ3v) is 3.10. The smallest absolute Gasteiger partial charge is 0.272 e. The van der Waals surface area contributed by atoms with Gasteiger partial charge in [-0.1, -0.05) is 13.0 Å². The molecule has 0 fully saturated rings. The van der Waals surface area contributed by atoms with Gasteiger partial charge in [-0.2, -0.15) is 0 Å². The van der Waals surface area contributed by atoms with E-state index in [2.05, 4.69) is 25.3 Å². The number of halogens is 3. The monoisotopic (exact) mass is 354 g/mol. The van der Waals surface area contributed by atoms with Gasteiger partial charge < -0.3 is 15.4 Å². The van der Waals surface area contributed by atoms with Gasteiger partial charge in [0.15, 0.2) is 23.2 Å². The van der Waals surface area contributed by atoms with Crippen LogP contribution in [-0.2, 0) is 11.3 Å². The Labute approximate surface area is 142 Å². The number of benzene rings is 1. The summed E-state index contributed by atoms with van der Waals surface area (Å²) in [5, 5.41) is 5.54. The summed E-state index contributed by atoms with van der Waals surface area (Å²) in [5.74, 6) is -0.581. The molecule has 1 aromatic heterocycles. The number of hydrogen-bond acceptors (Lipinski definition) is 5. The van der Waals surface area contributed by atoms with E-state index in [1.807, 2.05) is 0 Å². The summed E-state index contributed by atoms with van der Waals surface area (Å²) in [5.41, 5.74) is 0.542. The SMILES string of the molecule is CCC(=O)Nc1nccnc1NCc1ccc(OCC(F)F)c(F)c1. The second-order valence-electron chi connectivity index (χ2n) is 4.98. The summed E-state index contributed by atoms with van der Waals surface area (Å²) in [6, 6.07) is 4.00. The second-order valence-corrected chi connectivity index (χ2v) is 4.98. The first kappa shape index (κ1) is 18.5. The van der Waals surface area contributed by atoms with Gasteiger partial charge in [0, 0.05) is 25.4 Å². The van der Waals surface area contributed by atoms with Crippen molar-refractivity contribution in [1.82, 2.24) is 9.97 Å². The lowest BCUT2D eigenvalue weighted by Gasteiger charge is -2.11. The fourth-order valence-corrected chi connectivity index (χ4v) is 1.89. The molecule has 0 spiro atoms. The van der Waals surface area contributed by atoms with Crippen LogP contribution in [0.25, 0.3) is 0 Å². The Hall–Kier alpha value is -2.84. The van der Waals surface area contributed by atoms with E-state index in [-0.39, 0.29) is 24.0 Å². The molecule has 0 saturated carbocycles. The second kappa shape index (κ2) is 8.86. The molecule has 0 unspecified atom stereocenters. The number of nitrogens with zero attached hydrogens (tertiary/aromatic N) is 2. The van der Waals surface area contributed by atoms with E-state index in [9.17, 15) is 18.0 Å². The van der Waals surface area contributed by atoms with Crippen LogP contribution in [0.1, 0.15) is 18.9 Å². The number of anilines is 2. The molecule has 6 nitrogen and oxygen atoms in total. The van der Waals surface area contributed by atoms with Crippen molar-refractivity contribution in [1.29, 1.82) is 0 Å². The maximum absolute atomic E-state index is 13.8. The molecule has 1 aromatic carbocycles. The van der Waals surface area contributed by atoms with Crippen molar-refractivity contribution in [3.8, 4) is 5.75 Å². The number of alkyl halides is 2. The molecule has 0 aliphatic carbocycles. The highest BCUT2D eigenvalue weighted by molar-refractivity contribution is 5.91. The lowest BCUT2D eigenvalue weighted by molar-refractivity contribution is -0.115. The maximum Gasteiger partial charge on any atom is 0.272 e. The number of nitrogens with one attached hydrogen (secondary N) is 2. The van der Waals surface area contributed by atoms with E-state index in [0.29, 0.717) is 17.8 Å². The van der Waals surface area contributed by atoms with Gasteiger partial charge >= 0.3 is 0 Å². The van der Waals surface area contributed by atoms with Crippen LogP contribution in [0.5, 0.6) is 5.75 Å². The van der Waals surface area contributed by atoms with Gasteiger partial charge in [0.25, 0.3) is 6.43 Å². The highest BCUT2D eigenvalue weighted by Crippen LogP contribution is 2.21. The van der Waals surface area contributed by atoms with E-state index in [0.717, 1.165) is 0 Å². The van der Waals surface area contributed by atoms with Crippen molar-refractivity contribution >= 4 is 17.5 Å². The van der Waals surface area contributed by atoms with E-state index in [1.54, 1.807) is 6.92 Å². The standard InChI is InChI=1S/C16H17F3N4O2/c1-2-14(24)23-16-15(20-5-6-21-16)22-8-10-3-4-12(11(17)7-10)25-9-13(18)19/h3-7,13H,2,8-9H2,1H3,(H,20,22)(H,21,23,24). The Morgan fingerprint density at radius 2 is 1.96 bits per heavy atom. The van der Waals surface area contributed by atoms with Gasteiger partial charge in [-0.05, 0) is 17.7 Å². The molecule has 0 aliphatic heterocycles. The van der Waals surface area contributed by atoms with E-state index in [1.165, 1.54) is 30.6 Å². The number of ether oxygens (including phenoxy) is 1. The number of aromatic nitrogens is 2. The van der Waals surface area contributed by atoms with Crippen LogP contribution in [-0.4, -0.2) is 28.9 Å². The number of amides is 1. The van der Waals surface area contributed by atoms with Crippen molar-refractivity contribution < 1.29 is 22.7 Å². The maximum atomic E-state index is 13.8. The fourth-order valence-electron chi connectivity index (χ4n) is 1.89. The molecule has 0 saturated heterocycles. The minimum atomic E-state index is -2.67. The van der Waals surface area contributed by atoms with E-state index >= 15 is 0 Å². The molecule has 0 aliphatic rings. The Morgan fingerprint density at radius 3 is 2.60 bits per heavy atom. The van der Waals surface area contributed by atoms with Gasteiger partial charge in [-0.25, -0.2) is 23.1 Å². The molecular weight excluding hydrogens is 337 g/mol. The highest BCUT2D eigenvalue weighted by atomic mass is 19.3. The predicted molar refractivity (Wildman–Crippen MR) is 86.2 cm³/mol. The van der Waals surface area contributed by atoms with Gasteiger partial charge in [-0.15, -0.1) is 0 Å². The van der Waals surface area contributed by atoms with Crippen LogP contribution in [0.4, 0.5) is 24.8 Å². The average molecular weight is 354 g/mol. The minimum absolute atomic E-state index is 0.194. The van der Waals surface area contributed by atoms with Crippen molar-refractivity contribution in [2.75, 3.05) is 17.2 Å². The van der Waals surface area contributed by atoms with Crippen LogP contribution in [0, 0.1) is 5.82 Å². The van der Waals surface area contributed by atoms with Crippen molar-refractivity contribution in [3.05, 3.63) is 42.0 Å². The Balaban J connectivity index is 2.02. The summed E-state index contributed by atoms with van der Waals surface area (Å²) in [7, 11) is 0. The molecule has 1 heterocycles. The van der Waals surface area contributed by atoms with E-state index in [4.69, 9.17) is 0 Å². The largest absolute Gasteiger partial charge is 0.485 e. The Kier molecular flexibility index (Phi) is 6.55. The van der Waals surface area contributed by atoms with Crippen molar-refractivity contribution in [3.63, 3.8) is 0 Å². The molecule has 2 rings (SSSR count). The first-order valence-electron chi connectivity index (χ1n) is 7.53. The van der Waals surface area contributed by atoms with Crippen LogP contribution < -0.4 is 15.4 Å². The van der Waals surface area contributed by atoms with Crippen LogP contribution in [0.15, 0.2) is 30.6 Å². The van der Waals surface area contributed by atoms with Gasteiger partial charge in [0.05, 0.1) is 0 Å². The molecule has 25 heavy (non-hydrogen) atoms. The molecule has 9 heteroatoms. The molecule has 0 atom stereocenters. The van der Waals surface area contributed by atoms with Crippen molar-refractivity contribution in [2.45, 2.75) is 26.3 Å². The fraction of sp³-hybridized carbons (Fsp3) is 0.312. The average Bonchev–Trinajstić information content (AvgIpc) is 2.60. The van der Waals surface area contributed by atoms with Crippen LogP contribution in [0.3, 0.4) is 0 Å². The topological polar surface area (TPSA) is 76.1 Å². The third kappa shape index (κ3) is 5.63. The van der Waals surface area contributed by atoms with Crippen LogP contribution in [0.2, 0.25) is 0 Å². The zero-order chi connectivity index (χ0) is 18.2. The number of carbonyl (C=O) groups is 1. The highest BCUT2D eigenvalue weighted by Gasteiger charge is 2.10. The predicted octanol–water partition coefficient (Wildman–Crippen LogP) is 3.22. The molecule has 2 N–H and O–H groups in total. The molecule has 2 aromatic rings. The molecule has 0 bridgehead atoms. The Morgan fingerprint density at radius 1 is 1.24 bits per heavy atom. The third-order valence-electron chi connectivity index (χ3n) is 3.10. The minimum Gasteiger partial charge on any atom is -0.485 e. The first-order chi connectivity index (χ1) is 12.0. The summed E-state index contributed by atoms with van der Waals surface area (Å²) >= 11 is 0. The van der Waals surface area contributed by atoms with Gasteiger partial charge in [-0.3, -0.25) is 4.79 Å². The van der Waals surface area contributed by atoms with Gasteiger partial charge in [0.2, 0.25) is 5.91 Å². The zero-order valence-electron chi connectivity index (χ0n) is 13.4. The van der Waals surface area contributed by atoms with Gasteiger partial charge in [0.1, 0.15) is 6.61 Å². The summed E-state index contributed by atoms with van der Waals surface area (Å²) in [4.78, 5) is 19.6. The van der Waals surface area contributed by atoms with Crippen LogP contribution >= 0.6 is 0 Å². The first-order valence-corrected chi connectivity index (χ1v) is 7.53. The summed E-state index contributed by atoms with van der Waals surface area (Å²) in [6.45, 7) is 1.04. The van der Waals surface area contributed by atoms with E-state index < -0.39 is 18.8 Å². The summed E-state index contributed by atoms with van der Waals surface area (Å²) < 4.78 is 42.7. The molecule has 134 valence electrons. The lowest BCUT2D eigenvalue weighted by Crippen LogP contribution is -2.14.